The molecule has 0 saturated heterocycles. The van der Waals surface area contributed by atoms with Gasteiger partial charge in [0.25, 0.3) is 0 Å². The van der Waals surface area contributed by atoms with Gasteiger partial charge in [-0.15, -0.1) is 0 Å². The van der Waals surface area contributed by atoms with E-state index in [-0.39, 0.29) is 5.97 Å². The lowest BCUT2D eigenvalue weighted by Gasteiger charge is -2.26. The summed E-state index contributed by atoms with van der Waals surface area (Å²) in [5.74, 6) is 1.14. The predicted molar refractivity (Wildman–Crippen MR) is 119 cm³/mol. The number of benzene rings is 1. The van der Waals surface area contributed by atoms with Gasteiger partial charge in [-0.2, -0.15) is 0 Å². The second kappa shape index (κ2) is 10.3. The van der Waals surface area contributed by atoms with Gasteiger partial charge in [-0.3, -0.25) is 4.79 Å². The average Bonchev–Trinajstić information content (AvgIpc) is 2.57. The van der Waals surface area contributed by atoms with Crippen molar-refractivity contribution in [3.05, 3.63) is 18.8 Å². The van der Waals surface area contributed by atoms with E-state index in [0.717, 1.165) is 18.5 Å². The Kier molecular flexibility index (Phi) is 9.42. The number of hydrogen-bond donors (Lipinski definition) is 0. The summed E-state index contributed by atoms with van der Waals surface area (Å²) in [7, 11) is 1.63. The van der Waals surface area contributed by atoms with E-state index in [2.05, 4.69) is 45.2 Å². The van der Waals surface area contributed by atoms with Gasteiger partial charge in [0.15, 0.2) is 6.29 Å². The van der Waals surface area contributed by atoms with Crippen LogP contribution in [0.1, 0.15) is 59.6 Å². The highest BCUT2D eigenvalue weighted by Gasteiger charge is 2.31. The Morgan fingerprint density at radius 3 is 2.31 bits per heavy atom. The molecule has 5 nitrogen and oxygen atoms in total. The second-order valence-corrected chi connectivity index (χ2v) is 8.79. The van der Waals surface area contributed by atoms with Crippen molar-refractivity contribution >= 4 is 51.2 Å². The molecule has 2 atom stereocenters. The molecule has 1 aromatic carbocycles. The van der Waals surface area contributed by atoms with Crippen LogP contribution in [0.15, 0.2) is 6.07 Å². The smallest absolute Gasteiger partial charge is 0.312 e. The monoisotopic (exact) mass is 590 g/mol. The third-order valence-electron chi connectivity index (χ3n) is 4.21. The number of hydrogen-bond acceptors (Lipinski definition) is 5. The first-order valence-corrected chi connectivity index (χ1v) is 10.8. The van der Waals surface area contributed by atoms with Gasteiger partial charge in [0.2, 0.25) is 0 Å². The van der Waals surface area contributed by atoms with Crippen LogP contribution in [0.3, 0.4) is 0 Å². The van der Waals surface area contributed by atoms with E-state index >= 15 is 0 Å². The predicted octanol–water partition coefficient (Wildman–Crippen LogP) is 5.71. The molecule has 0 aliphatic rings. The van der Waals surface area contributed by atoms with E-state index < -0.39 is 17.8 Å². The van der Waals surface area contributed by atoms with Crippen LogP contribution >= 0.6 is 45.2 Å². The van der Waals surface area contributed by atoms with E-state index in [0.29, 0.717) is 18.8 Å². The first-order chi connectivity index (χ1) is 12.1. The molecule has 0 aromatic heterocycles. The van der Waals surface area contributed by atoms with Crippen LogP contribution in [-0.2, 0) is 14.3 Å². The zero-order valence-electron chi connectivity index (χ0n) is 16.4. The summed E-state index contributed by atoms with van der Waals surface area (Å²) < 4.78 is 24.6. The first kappa shape index (κ1) is 23.7. The van der Waals surface area contributed by atoms with Crippen LogP contribution in [-0.4, -0.2) is 26.0 Å². The molecule has 7 heteroatoms. The molecule has 0 radical (unpaired) electrons. The molecule has 0 aliphatic heterocycles. The largest absolute Gasteiger partial charge is 0.494 e. The molecule has 0 fully saturated rings. The number of rotatable bonds is 9. The second-order valence-electron chi connectivity index (χ2n) is 6.55. The number of carbonyl (C=O) groups excluding carboxylic acids is 1. The lowest BCUT2D eigenvalue weighted by molar-refractivity contribution is -0.159. The highest BCUT2D eigenvalue weighted by Crippen LogP contribution is 2.42. The molecule has 0 N–H and O–H groups in total. The Bertz CT molecular complexity index is 631. The highest BCUT2D eigenvalue weighted by molar-refractivity contribution is 14.1. The highest BCUT2D eigenvalue weighted by atomic mass is 127. The molecule has 1 rings (SSSR count). The van der Waals surface area contributed by atoms with Gasteiger partial charge in [-0.25, -0.2) is 0 Å². The molecule has 0 saturated carbocycles. The van der Waals surface area contributed by atoms with Gasteiger partial charge >= 0.3 is 5.97 Å². The maximum Gasteiger partial charge on any atom is 0.312 e. The van der Waals surface area contributed by atoms with Gasteiger partial charge < -0.3 is 18.9 Å². The Morgan fingerprint density at radius 2 is 1.81 bits per heavy atom. The Hall–Kier alpha value is -0.290. The third-order valence-corrected chi connectivity index (χ3v) is 5.99. The van der Waals surface area contributed by atoms with Crippen LogP contribution in [0.4, 0.5) is 0 Å². The van der Waals surface area contributed by atoms with E-state index in [4.69, 9.17) is 18.9 Å². The molecule has 0 bridgehead atoms. The minimum Gasteiger partial charge on any atom is -0.494 e. The van der Waals surface area contributed by atoms with Crippen molar-refractivity contribution in [2.75, 3.05) is 13.7 Å². The normalized spacial score (nSPS) is 13.9. The van der Waals surface area contributed by atoms with Gasteiger partial charge in [-0.05, 0) is 92.3 Å². The van der Waals surface area contributed by atoms with Crippen molar-refractivity contribution in [2.24, 2.45) is 5.41 Å². The summed E-state index contributed by atoms with van der Waals surface area (Å²) in [5.41, 5.74) is 0.270. The lowest BCUT2D eigenvalue weighted by atomic mass is 9.90. The standard InChI is InChI=1S/C19H28I2O5/c1-8-19(5,6)18(22)25-11(3)13-10-14(20)17(23-7)15(21)16(13)26-12(4)24-9-2/h10-12H,8-9H2,1-7H3. The molecule has 0 amide bonds. The molecule has 26 heavy (non-hydrogen) atoms. The van der Waals surface area contributed by atoms with Gasteiger partial charge in [0, 0.05) is 12.2 Å². The molecule has 148 valence electrons. The quantitative estimate of drug-likeness (QED) is 0.210. The minimum absolute atomic E-state index is 0.225. The number of methoxy groups -OCH3 is 1. The van der Waals surface area contributed by atoms with Gasteiger partial charge in [0.1, 0.15) is 17.6 Å². The topological polar surface area (TPSA) is 54.0 Å². The molecular weight excluding hydrogens is 562 g/mol. The average molecular weight is 590 g/mol. The van der Waals surface area contributed by atoms with Gasteiger partial charge in [0.05, 0.1) is 19.7 Å². The summed E-state index contributed by atoms with van der Waals surface area (Å²) in [6.07, 6.45) is -0.168. The summed E-state index contributed by atoms with van der Waals surface area (Å²) in [6.45, 7) is 11.9. The molecule has 0 aliphatic carbocycles. The van der Waals surface area contributed by atoms with Gasteiger partial charge in [-0.1, -0.05) is 6.92 Å². The Balaban J connectivity index is 3.28. The molecular formula is C19H28I2O5. The zero-order chi connectivity index (χ0) is 20.1. The van der Waals surface area contributed by atoms with Crippen molar-refractivity contribution < 1.29 is 23.7 Å². The third kappa shape index (κ3) is 5.85. The summed E-state index contributed by atoms with van der Waals surface area (Å²) >= 11 is 4.41. The number of ether oxygens (including phenoxy) is 4. The number of carbonyl (C=O) groups is 1. The molecule has 0 heterocycles. The van der Waals surface area contributed by atoms with Crippen LogP contribution in [0.5, 0.6) is 11.5 Å². The van der Waals surface area contributed by atoms with E-state index in [9.17, 15) is 4.79 Å². The molecule has 0 spiro atoms. The van der Waals surface area contributed by atoms with E-state index in [1.807, 2.05) is 47.6 Å². The van der Waals surface area contributed by atoms with Crippen molar-refractivity contribution in [1.82, 2.24) is 0 Å². The summed E-state index contributed by atoms with van der Waals surface area (Å²) in [4.78, 5) is 12.5. The fourth-order valence-electron chi connectivity index (χ4n) is 2.17. The van der Waals surface area contributed by atoms with Crippen LogP contribution in [0.2, 0.25) is 0 Å². The fraction of sp³-hybridized carbons (Fsp3) is 0.632. The maximum absolute atomic E-state index is 12.5. The van der Waals surface area contributed by atoms with Crippen molar-refractivity contribution in [3.63, 3.8) is 0 Å². The SMILES string of the molecule is CCOC(C)Oc1c(C(C)OC(=O)C(C)(C)CC)cc(I)c(OC)c1I. The lowest BCUT2D eigenvalue weighted by Crippen LogP contribution is -2.27. The maximum atomic E-state index is 12.5. The fourth-order valence-corrected chi connectivity index (χ4v) is 4.46. The zero-order valence-corrected chi connectivity index (χ0v) is 20.8. The molecule has 2 unspecified atom stereocenters. The van der Waals surface area contributed by atoms with Crippen LogP contribution in [0, 0.1) is 12.6 Å². The summed E-state index contributed by atoms with van der Waals surface area (Å²) in [6, 6.07) is 1.94. The van der Waals surface area contributed by atoms with Crippen molar-refractivity contribution in [2.45, 2.75) is 60.4 Å². The Morgan fingerprint density at radius 1 is 1.19 bits per heavy atom. The number of halogens is 2. The van der Waals surface area contributed by atoms with E-state index in [1.54, 1.807) is 7.11 Å². The van der Waals surface area contributed by atoms with Crippen LogP contribution < -0.4 is 9.47 Å². The van der Waals surface area contributed by atoms with E-state index in [1.165, 1.54) is 0 Å². The summed E-state index contributed by atoms with van der Waals surface area (Å²) in [5, 5.41) is 0. The Labute approximate surface area is 183 Å². The minimum atomic E-state index is -0.527. The first-order valence-electron chi connectivity index (χ1n) is 8.64. The molecule has 1 aromatic rings. The van der Waals surface area contributed by atoms with Crippen molar-refractivity contribution in [3.8, 4) is 11.5 Å². The van der Waals surface area contributed by atoms with Crippen molar-refractivity contribution in [1.29, 1.82) is 0 Å². The van der Waals surface area contributed by atoms with Crippen LogP contribution in [0.25, 0.3) is 0 Å². The number of esters is 1.